The largest absolute Gasteiger partial charge is 0.472 e. The first kappa shape index (κ1) is 84.1. The fourth-order valence-corrected chi connectivity index (χ4v) is 11.7. The van der Waals surface area contributed by atoms with Crippen LogP contribution in [0.15, 0.2) is 0 Å². The van der Waals surface area contributed by atoms with Gasteiger partial charge >= 0.3 is 39.5 Å². The summed E-state index contributed by atoms with van der Waals surface area (Å²) in [5, 5.41) is 10.5. The first-order chi connectivity index (χ1) is 41.7. The number of phosphoric acid groups is 2. The predicted octanol–water partition coefficient (Wildman–Crippen LogP) is 19.1. The number of ether oxygens (including phenoxy) is 4. The molecule has 0 aromatic carbocycles. The van der Waals surface area contributed by atoms with Crippen LogP contribution in [0.3, 0.4) is 0 Å². The smallest absolute Gasteiger partial charge is 0.462 e. The van der Waals surface area contributed by atoms with E-state index in [1.807, 2.05) is 0 Å². The Morgan fingerprint density at radius 2 is 0.465 bits per heavy atom. The average molecular weight is 1270 g/mol. The zero-order valence-corrected chi connectivity index (χ0v) is 57.1. The summed E-state index contributed by atoms with van der Waals surface area (Å²) in [6, 6.07) is 0. The van der Waals surface area contributed by atoms with Gasteiger partial charge in [0, 0.05) is 25.7 Å². The van der Waals surface area contributed by atoms with Gasteiger partial charge < -0.3 is 33.8 Å². The van der Waals surface area contributed by atoms with Crippen molar-refractivity contribution in [3.63, 3.8) is 0 Å². The lowest BCUT2D eigenvalue weighted by Gasteiger charge is -2.21. The molecule has 5 atom stereocenters. The van der Waals surface area contributed by atoms with Gasteiger partial charge in [0.25, 0.3) is 0 Å². The first-order valence-electron chi connectivity index (χ1n) is 35.3. The third-order valence-corrected chi connectivity index (χ3v) is 17.5. The first-order valence-corrected chi connectivity index (χ1v) is 38.3. The topological polar surface area (TPSA) is 237 Å². The summed E-state index contributed by atoms with van der Waals surface area (Å²) in [6.45, 7) is 4.89. The normalized spacial score (nSPS) is 14.1. The summed E-state index contributed by atoms with van der Waals surface area (Å²) in [5.74, 6) is -2.13. The van der Waals surface area contributed by atoms with Crippen LogP contribution < -0.4 is 0 Å². The van der Waals surface area contributed by atoms with Crippen LogP contribution in [0.5, 0.6) is 0 Å². The monoisotopic (exact) mass is 1270 g/mol. The molecule has 510 valence electrons. The lowest BCUT2D eigenvalue weighted by Crippen LogP contribution is -2.30. The summed E-state index contributed by atoms with van der Waals surface area (Å²) in [6.07, 6.45) is 48.5. The van der Waals surface area contributed by atoms with E-state index in [0.29, 0.717) is 25.7 Å². The van der Waals surface area contributed by atoms with E-state index in [1.54, 1.807) is 0 Å². The molecule has 0 aromatic rings. The zero-order valence-electron chi connectivity index (χ0n) is 55.3. The molecule has 0 heterocycles. The average Bonchev–Trinajstić information content (AvgIpc) is 3.62. The molecule has 0 saturated heterocycles. The second kappa shape index (κ2) is 61.9. The molecule has 0 aliphatic carbocycles. The number of carbonyl (C=O) groups excluding carboxylic acids is 4. The molecular weight excluding hydrogens is 1140 g/mol. The van der Waals surface area contributed by atoms with Crippen molar-refractivity contribution < 1.29 is 80.2 Å². The third kappa shape index (κ3) is 60.9. The molecular formula is C67H130O17P2. The molecule has 0 amide bonds. The maximum absolute atomic E-state index is 13.0. The number of esters is 4. The van der Waals surface area contributed by atoms with Gasteiger partial charge in [0.15, 0.2) is 12.2 Å². The summed E-state index contributed by atoms with van der Waals surface area (Å²) >= 11 is 0. The molecule has 0 radical (unpaired) electrons. The fraction of sp³-hybridized carbons (Fsp3) is 0.940. The Bertz CT molecular complexity index is 1650. The maximum atomic E-state index is 13.0. The zero-order chi connectivity index (χ0) is 63.3. The number of aliphatic hydroxyl groups excluding tert-OH is 1. The molecule has 19 heteroatoms. The van der Waals surface area contributed by atoms with Gasteiger partial charge in [-0.3, -0.25) is 37.3 Å². The van der Waals surface area contributed by atoms with Crippen molar-refractivity contribution in [3.8, 4) is 0 Å². The number of phosphoric ester groups is 2. The van der Waals surface area contributed by atoms with Crippen LogP contribution in [-0.2, 0) is 65.4 Å². The Kier molecular flexibility index (Phi) is 60.5. The second-order valence-corrected chi connectivity index (χ2v) is 27.1. The predicted molar refractivity (Wildman–Crippen MR) is 345 cm³/mol. The van der Waals surface area contributed by atoms with Gasteiger partial charge in [-0.25, -0.2) is 9.13 Å². The van der Waals surface area contributed by atoms with E-state index in [1.165, 1.54) is 167 Å². The van der Waals surface area contributed by atoms with Crippen molar-refractivity contribution in [1.82, 2.24) is 0 Å². The number of carbonyl (C=O) groups is 4. The van der Waals surface area contributed by atoms with Crippen LogP contribution in [0, 0.1) is 0 Å². The van der Waals surface area contributed by atoms with Gasteiger partial charge in [0.1, 0.15) is 19.3 Å². The third-order valence-electron chi connectivity index (χ3n) is 15.6. The minimum absolute atomic E-state index is 0.107. The molecule has 0 fully saturated rings. The second-order valence-electron chi connectivity index (χ2n) is 24.2. The van der Waals surface area contributed by atoms with E-state index in [-0.39, 0.29) is 25.7 Å². The molecule has 0 spiro atoms. The molecule has 17 nitrogen and oxygen atoms in total. The van der Waals surface area contributed by atoms with Crippen LogP contribution >= 0.6 is 15.6 Å². The van der Waals surface area contributed by atoms with Crippen molar-refractivity contribution in [2.75, 3.05) is 39.6 Å². The summed E-state index contributed by atoms with van der Waals surface area (Å²) in [5.41, 5.74) is 0. The lowest BCUT2D eigenvalue weighted by molar-refractivity contribution is -0.161. The van der Waals surface area contributed by atoms with Gasteiger partial charge in [-0.2, -0.15) is 0 Å². The van der Waals surface area contributed by atoms with Crippen molar-refractivity contribution in [1.29, 1.82) is 0 Å². The minimum Gasteiger partial charge on any atom is -0.462 e. The van der Waals surface area contributed by atoms with Gasteiger partial charge in [-0.15, -0.1) is 0 Å². The van der Waals surface area contributed by atoms with Crippen LogP contribution in [-0.4, -0.2) is 96.7 Å². The number of unbranched alkanes of at least 4 members (excludes halogenated alkanes) is 42. The summed E-state index contributed by atoms with van der Waals surface area (Å²) in [7, 11) is -9.89. The molecule has 3 N–H and O–H groups in total. The Morgan fingerprint density at radius 3 is 0.686 bits per heavy atom. The Balaban J connectivity index is 5.20. The molecule has 2 unspecified atom stereocenters. The Hall–Kier alpha value is -1.94. The molecule has 0 aromatic heterocycles. The number of hydrogen-bond acceptors (Lipinski definition) is 15. The fourth-order valence-electron chi connectivity index (χ4n) is 10.2. The quantitative estimate of drug-likeness (QED) is 0.0222. The Morgan fingerprint density at radius 1 is 0.279 bits per heavy atom. The van der Waals surface area contributed by atoms with Crippen molar-refractivity contribution >= 4 is 39.5 Å². The van der Waals surface area contributed by atoms with Crippen molar-refractivity contribution in [2.45, 2.75) is 367 Å². The minimum atomic E-state index is -4.95. The van der Waals surface area contributed by atoms with Crippen LogP contribution in [0.1, 0.15) is 349 Å². The number of aliphatic hydroxyl groups is 1. The van der Waals surface area contributed by atoms with E-state index >= 15 is 0 Å². The van der Waals surface area contributed by atoms with Gasteiger partial charge in [0.2, 0.25) is 0 Å². The Labute approximate surface area is 524 Å². The van der Waals surface area contributed by atoms with E-state index < -0.39 is 97.5 Å². The van der Waals surface area contributed by atoms with Crippen molar-refractivity contribution in [2.24, 2.45) is 0 Å². The highest BCUT2D eigenvalue weighted by Crippen LogP contribution is 2.45. The van der Waals surface area contributed by atoms with E-state index in [9.17, 15) is 43.2 Å². The van der Waals surface area contributed by atoms with E-state index in [0.717, 1.165) is 103 Å². The van der Waals surface area contributed by atoms with E-state index in [4.69, 9.17) is 37.0 Å². The highest BCUT2D eigenvalue weighted by Gasteiger charge is 2.30. The summed E-state index contributed by atoms with van der Waals surface area (Å²) < 4.78 is 68.1. The molecule has 0 bridgehead atoms. The van der Waals surface area contributed by atoms with Gasteiger partial charge in [-0.05, 0) is 25.7 Å². The van der Waals surface area contributed by atoms with E-state index in [2.05, 4.69) is 27.7 Å². The number of rotatable bonds is 68. The molecule has 86 heavy (non-hydrogen) atoms. The number of hydrogen-bond donors (Lipinski definition) is 3. The SMILES string of the molecule is CCCCCCCCCCCCCCCCC(=O)OC[C@H](COP(=O)(O)OC[C@@H](O)COP(=O)(O)OC[C@@H](COC(=O)CCCCCCCCC)OC(=O)CCCCCCCCCCCCC)OC(=O)CCCCCCCCCCCCCCCC. The van der Waals surface area contributed by atoms with Crippen LogP contribution in [0.4, 0.5) is 0 Å². The van der Waals surface area contributed by atoms with Crippen molar-refractivity contribution in [3.05, 3.63) is 0 Å². The van der Waals surface area contributed by atoms with Crippen LogP contribution in [0.25, 0.3) is 0 Å². The summed E-state index contributed by atoms with van der Waals surface area (Å²) in [4.78, 5) is 72.3. The van der Waals surface area contributed by atoms with Gasteiger partial charge in [-0.1, -0.05) is 297 Å². The molecule has 0 rings (SSSR count). The standard InChI is InChI=1S/C67H130O17P2/c1-5-9-13-17-21-24-27-29-31-34-36-40-44-48-52-65(70)78-58-63(84-67(72)54-50-46-42-38-35-32-30-28-25-22-18-14-10-6-2)60-82-86(75,76)80-56-61(68)55-79-85(73,74)81-59-62(57-77-64(69)51-47-43-39-20-16-12-8-4)83-66(71)53-49-45-41-37-33-26-23-19-15-11-7-3/h61-63,68H,5-60H2,1-4H3,(H,73,74)(H,75,76)/t61-,62+,63+/m0/s1. The lowest BCUT2D eigenvalue weighted by atomic mass is 10.0. The van der Waals surface area contributed by atoms with Gasteiger partial charge in [0.05, 0.1) is 26.4 Å². The molecule has 0 aliphatic rings. The molecule has 0 saturated carbocycles. The highest BCUT2D eigenvalue weighted by molar-refractivity contribution is 7.47. The van der Waals surface area contributed by atoms with Crippen LogP contribution in [0.2, 0.25) is 0 Å². The molecule has 0 aliphatic heterocycles. The maximum Gasteiger partial charge on any atom is 0.472 e. The highest BCUT2D eigenvalue weighted by atomic mass is 31.2.